The molecule has 132 valence electrons. The number of nitrogens with one attached hydrogen (secondary N) is 1. The zero-order chi connectivity index (χ0) is 17.6. The van der Waals surface area contributed by atoms with Crippen molar-refractivity contribution in [3.8, 4) is 0 Å². The molecule has 3 N–H and O–H groups in total. The van der Waals surface area contributed by atoms with Crippen molar-refractivity contribution in [2.45, 2.75) is 45.6 Å². The molecule has 1 saturated heterocycles. The number of nitrogens with zero attached hydrogens (tertiary/aromatic N) is 1. The van der Waals surface area contributed by atoms with Crippen molar-refractivity contribution in [1.29, 1.82) is 0 Å². The molecular weight excluding hydrogens is 322 g/mol. The smallest absolute Gasteiger partial charge is 0.237 e. The van der Waals surface area contributed by atoms with Crippen molar-refractivity contribution in [3.63, 3.8) is 0 Å². The van der Waals surface area contributed by atoms with Gasteiger partial charge in [-0.25, -0.2) is 12.7 Å². The molecule has 0 bridgehead atoms. The molecule has 23 heavy (non-hydrogen) atoms. The second-order valence-electron chi connectivity index (χ2n) is 5.73. The van der Waals surface area contributed by atoms with Crippen LogP contribution in [0.1, 0.15) is 39.5 Å². The fourth-order valence-electron chi connectivity index (χ4n) is 2.41. The van der Waals surface area contributed by atoms with Crippen molar-refractivity contribution in [1.82, 2.24) is 9.62 Å². The highest BCUT2D eigenvalue weighted by molar-refractivity contribution is 7.89. The number of primary amides is 1. The second kappa shape index (κ2) is 8.39. The number of carbonyl (C=O) groups is 3. The van der Waals surface area contributed by atoms with Gasteiger partial charge in [-0.1, -0.05) is 6.92 Å². The van der Waals surface area contributed by atoms with Gasteiger partial charge in [-0.2, -0.15) is 0 Å². The molecule has 2 amide bonds. The number of hydrogen-bond acceptors (Lipinski definition) is 6. The Labute approximate surface area is 136 Å². The number of ketones is 1. The summed E-state index contributed by atoms with van der Waals surface area (Å²) in [5.74, 6) is -2.30. The van der Waals surface area contributed by atoms with Crippen molar-refractivity contribution >= 4 is 27.6 Å². The van der Waals surface area contributed by atoms with E-state index in [1.165, 1.54) is 6.92 Å². The van der Waals surface area contributed by atoms with E-state index in [2.05, 4.69) is 5.32 Å². The Balaban J connectivity index is 2.98. The van der Waals surface area contributed by atoms with E-state index >= 15 is 0 Å². The number of Topliss-reactive ketones (excluding diaryl/α,β-unsaturated/α-hetero) is 1. The van der Waals surface area contributed by atoms with Crippen LogP contribution in [0.4, 0.5) is 0 Å². The van der Waals surface area contributed by atoms with Gasteiger partial charge in [-0.15, -0.1) is 0 Å². The van der Waals surface area contributed by atoms with Gasteiger partial charge in [-0.05, 0) is 32.7 Å². The van der Waals surface area contributed by atoms with E-state index in [1.807, 2.05) is 0 Å². The highest BCUT2D eigenvalue weighted by atomic mass is 32.2. The van der Waals surface area contributed by atoms with Gasteiger partial charge in [-0.3, -0.25) is 14.4 Å². The maximum atomic E-state index is 12.5. The Bertz CT molecular complexity index is 561. The molecular formula is C14H25N3O5S. The van der Waals surface area contributed by atoms with Gasteiger partial charge < -0.3 is 11.1 Å². The first-order valence-electron chi connectivity index (χ1n) is 7.78. The summed E-state index contributed by atoms with van der Waals surface area (Å²) < 4.78 is 25.4. The van der Waals surface area contributed by atoms with E-state index in [0.717, 1.165) is 4.31 Å². The minimum Gasteiger partial charge on any atom is -0.369 e. The standard InChI is InChI=1S/C14H25N3O5S/c1-3-23(21,22)17(11-5-4-8-16-9-12(11)18)13(19)7-6-10(2)14(15)20/h10-11,16H,3-9H2,1-2H3,(H2,15,20)/t10?,11-/m0/s1. The molecule has 0 aromatic carbocycles. The number of amides is 2. The Hall–Kier alpha value is -1.48. The van der Waals surface area contributed by atoms with Crippen molar-refractivity contribution in [2.75, 3.05) is 18.8 Å². The molecule has 1 aliphatic heterocycles. The molecule has 1 rings (SSSR count). The van der Waals surface area contributed by atoms with Gasteiger partial charge in [0.1, 0.15) is 6.04 Å². The van der Waals surface area contributed by atoms with Gasteiger partial charge in [0.15, 0.2) is 5.78 Å². The lowest BCUT2D eigenvalue weighted by molar-refractivity contribution is -0.134. The monoisotopic (exact) mass is 347 g/mol. The summed E-state index contributed by atoms with van der Waals surface area (Å²) in [6.45, 7) is 3.66. The fourth-order valence-corrected chi connectivity index (χ4v) is 3.70. The average Bonchev–Trinajstić information content (AvgIpc) is 2.70. The number of hydrogen-bond donors (Lipinski definition) is 2. The lowest BCUT2D eigenvalue weighted by Crippen LogP contribution is -2.50. The Morgan fingerprint density at radius 1 is 1.43 bits per heavy atom. The van der Waals surface area contributed by atoms with Crippen molar-refractivity contribution in [3.05, 3.63) is 0 Å². The minimum atomic E-state index is -3.86. The van der Waals surface area contributed by atoms with Crippen LogP contribution in [0, 0.1) is 5.92 Å². The fraction of sp³-hybridized carbons (Fsp3) is 0.786. The summed E-state index contributed by atoms with van der Waals surface area (Å²) in [7, 11) is -3.86. The molecule has 0 saturated carbocycles. The lowest BCUT2D eigenvalue weighted by Gasteiger charge is -2.29. The normalized spacial score (nSPS) is 20.6. The van der Waals surface area contributed by atoms with E-state index in [9.17, 15) is 22.8 Å². The van der Waals surface area contributed by atoms with Gasteiger partial charge in [0.2, 0.25) is 21.8 Å². The van der Waals surface area contributed by atoms with E-state index in [-0.39, 0.29) is 30.9 Å². The molecule has 1 unspecified atom stereocenters. The zero-order valence-electron chi connectivity index (χ0n) is 13.6. The second-order valence-corrected chi connectivity index (χ2v) is 7.87. The molecule has 0 radical (unpaired) electrons. The molecule has 0 aromatic heterocycles. The molecule has 1 aliphatic rings. The average molecular weight is 347 g/mol. The first kappa shape index (κ1) is 19.6. The van der Waals surface area contributed by atoms with Crippen LogP contribution < -0.4 is 11.1 Å². The minimum absolute atomic E-state index is 0.0470. The highest BCUT2D eigenvalue weighted by Crippen LogP contribution is 2.19. The van der Waals surface area contributed by atoms with E-state index < -0.39 is 33.8 Å². The third kappa shape index (κ3) is 5.28. The third-order valence-corrected chi connectivity index (χ3v) is 5.76. The summed E-state index contributed by atoms with van der Waals surface area (Å²) in [5, 5.41) is 2.91. The predicted octanol–water partition coefficient (Wildman–Crippen LogP) is -0.613. The summed E-state index contributed by atoms with van der Waals surface area (Å²) in [6.07, 6.45) is 0.933. The van der Waals surface area contributed by atoms with Crippen LogP contribution in [0.25, 0.3) is 0 Å². The first-order chi connectivity index (χ1) is 10.7. The zero-order valence-corrected chi connectivity index (χ0v) is 14.4. The largest absolute Gasteiger partial charge is 0.369 e. The molecule has 0 spiro atoms. The highest BCUT2D eigenvalue weighted by Gasteiger charge is 2.37. The number of nitrogens with two attached hydrogens (primary N) is 1. The van der Waals surface area contributed by atoms with Gasteiger partial charge in [0.25, 0.3) is 0 Å². The third-order valence-electron chi connectivity index (χ3n) is 3.97. The number of sulfonamides is 1. The maximum Gasteiger partial charge on any atom is 0.237 e. The van der Waals surface area contributed by atoms with E-state index in [1.54, 1.807) is 6.92 Å². The van der Waals surface area contributed by atoms with Gasteiger partial charge in [0.05, 0.1) is 12.3 Å². The predicted molar refractivity (Wildman–Crippen MR) is 84.8 cm³/mol. The Kier molecular flexibility index (Phi) is 7.14. The first-order valence-corrected chi connectivity index (χ1v) is 9.39. The lowest BCUT2D eigenvalue weighted by atomic mass is 10.0. The van der Waals surface area contributed by atoms with Crippen LogP contribution in [-0.2, 0) is 24.4 Å². The van der Waals surface area contributed by atoms with E-state index in [0.29, 0.717) is 19.4 Å². The van der Waals surface area contributed by atoms with Crippen LogP contribution in [0.2, 0.25) is 0 Å². The topological polar surface area (TPSA) is 127 Å². The number of rotatable bonds is 7. The molecule has 0 aromatic rings. The van der Waals surface area contributed by atoms with Crippen LogP contribution >= 0.6 is 0 Å². The maximum absolute atomic E-state index is 12.5. The molecule has 8 nitrogen and oxygen atoms in total. The van der Waals surface area contributed by atoms with Crippen LogP contribution in [0.15, 0.2) is 0 Å². The van der Waals surface area contributed by atoms with E-state index in [4.69, 9.17) is 5.73 Å². The molecule has 0 aliphatic carbocycles. The summed E-state index contributed by atoms with van der Waals surface area (Å²) in [4.78, 5) is 35.7. The van der Waals surface area contributed by atoms with Crippen LogP contribution in [0.3, 0.4) is 0 Å². The summed E-state index contributed by atoms with van der Waals surface area (Å²) >= 11 is 0. The Morgan fingerprint density at radius 2 is 2.09 bits per heavy atom. The molecule has 1 heterocycles. The van der Waals surface area contributed by atoms with Crippen LogP contribution in [-0.4, -0.2) is 55.2 Å². The number of carbonyl (C=O) groups excluding carboxylic acids is 3. The molecule has 2 atom stereocenters. The SMILES string of the molecule is CCS(=O)(=O)N(C(=O)CCC(C)C(N)=O)[C@H]1CCCNCC1=O. The van der Waals surface area contributed by atoms with Gasteiger partial charge >= 0.3 is 0 Å². The summed E-state index contributed by atoms with van der Waals surface area (Å²) in [5.41, 5.74) is 5.15. The molecule has 1 fully saturated rings. The van der Waals surface area contributed by atoms with Crippen LogP contribution in [0.5, 0.6) is 0 Å². The van der Waals surface area contributed by atoms with Crippen molar-refractivity contribution in [2.24, 2.45) is 11.7 Å². The Morgan fingerprint density at radius 3 is 2.65 bits per heavy atom. The van der Waals surface area contributed by atoms with Crippen molar-refractivity contribution < 1.29 is 22.8 Å². The molecule has 9 heteroatoms. The quantitative estimate of drug-likeness (QED) is 0.632. The van der Waals surface area contributed by atoms with Gasteiger partial charge in [0, 0.05) is 12.3 Å². The summed E-state index contributed by atoms with van der Waals surface area (Å²) in [6, 6.07) is -0.966.